The van der Waals surface area contributed by atoms with Gasteiger partial charge in [-0.05, 0) is 51.1 Å². The number of aromatic nitrogens is 1. The SMILES string of the molecule is CNC1CCCc2c1ccc(=O)n2CCCCCO. The van der Waals surface area contributed by atoms with Crippen LogP contribution in [-0.4, -0.2) is 23.3 Å². The number of aliphatic hydroxyl groups is 1. The first kappa shape index (κ1) is 14.3. The zero-order valence-corrected chi connectivity index (χ0v) is 11.7. The van der Waals surface area contributed by atoms with Crippen molar-refractivity contribution in [1.29, 1.82) is 0 Å². The van der Waals surface area contributed by atoms with E-state index in [1.807, 2.05) is 17.7 Å². The number of hydrogen-bond donors (Lipinski definition) is 2. The maximum absolute atomic E-state index is 12.0. The Kier molecular flexibility index (Phi) is 5.16. The Morgan fingerprint density at radius 3 is 2.95 bits per heavy atom. The molecule has 0 fully saturated rings. The second kappa shape index (κ2) is 6.87. The molecule has 4 heteroatoms. The third-order valence-electron chi connectivity index (χ3n) is 4.00. The van der Waals surface area contributed by atoms with Gasteiger partial charge in [-0.15, -0.1) is 0 Å². The highest BCUT2D eigenvalue weighted by atomic mass is 16.2. The average molecular weight is 264 g/mol. The average Bonchev–Trinajstić information content (AvgIpc) is 2.44. The predicted molar refractivity (Wildman–Crippen MR) is 76.4 cm³/mol. The van der Waals surface area contributed by atoms with Gasteiger partial charge in [0.25, 0.3) is 5.56 Å². The van der Waals surface area contributed by atoms with Crippen LogP contribution in [0.2, 0.25) is 0 Å². The summed E-state index contributed by atoms with van der Waals surface area (Å²) in [5, 5.41) is 12.1. The highest BCUT2D eigenvalue weighted by Crippen LogP contribution is 2.28. The molecule has 0 spiro atoms. The van der Waals surface area contributed by atoms with Crippen LogP contribution < -0.4 is 10.9 Å². The van der Waals surface area contributed by atoms with Crippen LogP contribution in [0.1, 0.15) is 49.4 Å². The maximum atomic E-state index is 12.0. The summed E-state index contributed by atoms with van der Waals surface area (Å²) in [6.45, 7) is 1.02. The first-order valence-corrected chi connectivity index (χ1v) is 7.28. The van der Waals surface area contributed by atoms with E-state index < -0.39 is 0 Å². The van der Waals surface area contributed by atoms with Gasteiger partial charge in [0.05, 0.1) is 0 Å². The summed E-state index contributed by atoms with van der Waals surface area (Å²) in [7, 11) is 1.98. The molecule has 0 radical (unpaired) electrons. The summed E-state index contributed by atoms with van der Waals surface area (Å²) in [4.78, 5) is 12.0. The molecule has 2 rings (SSSR count). The molecule has 1 unspecified atom stereocenters. The second-order valence-corrected chi connectivity index (χ2v) is 5.24. The lowest BCUT2D eigenvalue weighted by Crippen LogP contribution is -2.30. The minimum Gasteiger partial charge on any atom is -0.396 e. The molecule has 1 heterocycles. The zero-order valence-electron chi connectivity index (χ0n) is 11.7. The van der Waals surface area contributed by atoms with Crippen LogP contribution in [0.4, 0.5) is 0 Å². The van der Waals surface area contributed by atoms with Crippen LogP contribution in [0.3, 0.4) is 0 Å². The van der Waals surface area contributed by atoms with Crippen molar-refractivity contribution in [2.75, 3.05) is 13.7 Å². The van der Waals surface area contributed by atoms with Crippen molar-refractivity contribution in [3.63, 3.8) is 0 Å². The Balaban J connectivity index is 2.20. The Morgan fingerprint density at radius 2 is 2.21 bits per heavy atom. The third-order valence-corrected chi connectivity index (χ3v) is 4.00. The standard InChI is InChI=1S/C15H24N2O2/c1-16-13-6-5-7-14-12(13)8-9-15(19)17(14)10-3-2-4-11-18/h8-9,13,16,18H,2-7,10-11H2,1H3. The van der Waals surface area contributed by atoms with Crippen molar-refractivity contribution in [2.24, 2.45) is 0 Å². The van der Waals surface area contributed by atoms with Crippen molar-refractivity contribution < 1.29 is 5.11 Å². The smallest absolute Gasteiger partial charge is 0.250 e. The molecular weight excluding hydrogens is 240 g/mol. The van der Waals surface area contributed by atoms with E-state index in [-0.39, 0.29) is 12.2 Å². The molecule has 0 aromatic carbocycles. The molecule has 0 amide bonds. The van der Waals surface area contributed by atoms with Gasteiger partial charge in [0.2, 0.25) is 0 Å². The Bertz CT molecular complexity index is 468. The van der Waals surface area contributed by atoms with Crippen LogP contribution in [0.5, 0.6) is 0 Å². The first-order valence-electron chi connectivity index (χ1n) is 7.28. The lowest BCUT2D eigenvalue weighted by molar-refractivity contribution is 0.281. The first-order chi connectivity index (χ1) is 9.27. The van der Waals surface area contributed by atoms with Crippen LogP contribution >= 0.6 is 0 Å². The molecule has 0 aliphatic heterocycles. The number of nitrogens with zero attached hydrogens (tertiary/aromatic N) is 1. The second-order valence-electron chi connectivity index (χ2n) is 5.24. The lowest BCUT2D eigenvalue weighted by atomic mass is 9.91. The van der Waals surface area contributed by atoms with Gasteiger partial charge >= 0.3 is 0 Å². The largest absolute Gasteiger partial charge is 0.396 e. The van der Waals surface area contributed by atoms with Gasteiger partial charge in [-0.2, -0.15) is 0 Å². The molecule has 2 N–H and O–H groups in total. The van der Waals surface area contributed by atoms with Gasteiger partial charge in [0, 0.05) is 31.0 Å². The van der Waals surface area contributed by atoms with E-state index in [2.05, 4.69) is 5.32 Å². The third kappa shape index (κ3) is 3.25. The molecule has 4 nitrogen and oxygen atoms in total. The minimum atomic E-state index is 0.111. The molecule has 1 aromatic heterocycles. The fraction of sp³-hybridized carbons (Fsp3) is 0.667. The molecule has 0 saturated carbocycles. The van der Waals surface area contributed by atoms with E-state index >= 15 is 0 Å². The fourth-order valence-electron chi connectivity index (χ4n) is 2.97. The summed E-state index contributed by atoms with van der Waals surface area (Å²) in [6, 6.07) is 4.07. The summed E-state index contributed by atoms with van der Waals surface area (Å²) in [6.07, 6.45) is 6.04. The zero-order chi connectivity index (χ0) is 13.7. The fourth-order valence-corrected chi connectivity index (χ4v) is 2.97. The van der Waals surface area contributed by atoms with E-state index in [4.69, 9.17) is 5.11 Å². The summed E-state index contributed by atoms with van der Waals surface area (Å²) < 4.78 is 1.94. The molecule has 0 bridgehead atoms. The lowest BCUT2D eigenvalue weighted by Gasteiger charge is -2.27. The Morgan fingerprint density at radius 1 is 1.37 bits per heavy atom. The minimum absolute atomic E-state index is 0.111. The Labute approximate surface area is 114 Å². The topological polar surface area (TPSA) is 54.3 Å². The van der Waals surface area contributed by atoms with Crippen LogP contribution in [0.25, 0.3) is 0 Å². The van der Waals surface area contributed by atoms with Crippen LogP contribution in [-0.2, 0) is 13.0 Å². The van der Waals surface area contributed by atoms with Crippen molar-refractivity contribution in [2.45, 2.75) is 51.1 Å². The monoisotopic (exact) mass is 264 g/mol. The van der Waals surface area contributed by atoms with Crippen molar-refractivity contribution in [3.8, 4) is 0 Å². The summed E-state index contributed by atoms with van der Waals surface area (Å²) in [5.74, 6) is 0. The van der Waals surface area contributed by atoms with Gasteiger partial charge in [-0.1, -0.05) is 6.07 Å². The van der Waals surface area contributed by atoms with Gasteiger partial charge in [-0.3, -0.25) is 4.79 Å². The van der Waals surface area contributed by atoms with Crippen LogP contribution in [0.15, 0.2) is 16.9 Å². The molecule has 1 aliphatic carbocycles. The van der Waals surface area contributed by atoms with E-state index in [0.29, 0.717) is 6.04 Å². The van der Waals surface area contributed by atoms with E-state index in [1.54, 1.807) is 6.07 Å². The number of fused-ring (bicyclic) bond motifs is 1. The number of hydrogen-bond acceptors (Lipinski definition) is 3. The van der Waals surface area contributed by atoms with Crippen LogP contribution in [0, 0.1) is 0 Å². The highest BCUT2D eigenvalue weighted by Gasteiger charge is 2.21. The van der Waals surface area contributed by atoms with Crippen molar-refractivity contribution in [3.05, 3.63) is 33.7 Å². The molecule has 1 aliphatic rings. The Hall–Kier alpha value is -1.13. The number of pyridine rings is 1. The molecular formula is C15H24N2O2. The number of rotatable bonds is 6. The van der Waals surface area contributed by atoms with Gasteiger partial charge in [0.1, 0.15) is 0 Å². The maximum Gasteiger partial charge on any atom is 0.250 e. The summed E-state index contributed by atoms with van der Waals surface area (Å²) in [5.41, 5.74) is 2.61. The molecule has 106 valence electrons. The highest BCUT2D eigenvalue weighted by molar-refractivity contribution is 5.27. The molecule has 1 atom stereocenters. The summed E-state index contributed by atoms with van der Waals surface area (Å²) >= 11 is 0. The predicted octanol–water partition coefficient (Wildman–Crippen LogP) is 1.61. The van der Waals surface area contributed by atoms with Crippen molar-refractivity contribution >= 4 is 0 Å². The molecule has 0 saturated heterocycles. The number of unbranched alkanes of at least 4 members (excludes halogenated alkanes) is 2. The van der Waals surface area contributed by atoms with E-state index in [1.165, 1.54) is 11.3 Å². The van der Waals surface area contributed by atoms with Crippen molar-refractivity contribution in [1.82, 2.24) is 9.88 Å². The number of nitrogens with one attached hydrogen (secondary N) is 1. The normalized spacial score (nSPS) is 18.3. The quantitative estimate of drug-likeness (QED) is 0.768. The van der Waals surface area contributed by atoms with E-state index in [0.717, 1.165) is 45.1 Å². The van der Waals surface area contributed by atoms with Gasteiger partial charge in [0.15, 0.2) is 0 Å². The van der Waals surface area contributed by atoms with Gasteiger partial charge < -0.3 is 15.0 Å². The van der Waals surface area contributed by atoms with E-state index in [9.17, 15) is 4.79 Å². The molecule has 1 aromatic rings. The number of aliphatic hydroxyl groups excluding tert-OH is 1. The van der Waals surface area contributed by atoms with Gasteiger partial charge in [-0.25, -0.2) is 0 Å². The molecule has 19 heavy (non-hydrogen) atoms.